The van der Waals surface area contributed by atoms with Gasteiger partial charge in [-0.05, 0) is 26.7 Å². The molecule has 2 aromatic heterocycles. The van der Waals surface area contributed by atoms with Gasteiger partial charge in [0.05, 0.1) is 0 Å². The summed E-state index contributed by atoms with van der Waals surface area (Å²) >= 11 is 0. The van der Waals surface area contributed by atoms with Crippen molar-refractivity contribution in [3.63, 3.8) is 0 Å². The lowest BCUT2D eigenvalue weighted by Gasteiger charge is -2.36. The van der Waals surface area contributed by atoms with Gasteiger partial charge in [0.25, 0.3) is 0 Å². The third-order valence-corrected chi connectivity index (χ3v) is 4.87. The number of anilines is 4. The molecule has 2 aromatic rings. The summed E-state index contributed by atoms with van der Waals surface area (Å²) in [5.74, 6) is 3.08. The van der Waals surface area contributed by atoms with Gasteiger partial charge in [0.1, 0.15) is 23.8 Å². The summed E-state index contributed by atoms with van der Waals surface area (Å²) in [5.41, 5.74) is 8.09. The van der Waals surface area contributed by atoms with Gasteiger partial charge in [-0.1, -0.05) is 0 Å². The quantitative estimate of drug-likeness (QED) is 0.861. The first-order valence-corrected chi connectivity index (χ1v) is 8.79. The maximum atomic E-state index is 5.90. The van der Waals surface area contributed by atoms with Crippen LogP contribution in [0.2, 0.25) is 0 Å². The van der Waals surface area contributed by atoms with Gasteiger partial charge in [-0.15, -0.1) is 0 Å². The fraction of sp³-hybridized carbons (Fsp3) is 0.529. The van der Waals surface area contributed by atoms with E-state index in [4.69, 9.17) is 5.73 Å². The summed E-state index contributed by atoms with van der Waals surface area (Å²) in [5, 5.41) is 3.40. The molecule has 0 aromatic carbocycles. The van der Waals surface area contributed by atoms with Crippen LogP contribution in [0.15, 0.2) is 12.4 Å². The Kier molecular flexibility index (Phi) is 4.03. The fourth-order valence-corrected chi connectivity index (χ4v) is 3.12. The molecule has 0 amide bonds. The minimum atomic E-state index is 0.324. The van der Waals surface area contributed by atoms with Gasteiger partial charge in [-0.2, -0.15) is 9.97 Å². The van der Waals surface area contributed by atoms with Crippen LogP contribution in [0.1, 0.15) is 24.1 Å². The monoisotopic (exact) mass is 340 g/mol. The molecule has 3 heterocycles. The Morgan fingerprint density at radius 3 is 2.48 bits per heavy atom. The van der Waals surface area contributed by atoms with E-state index in [0.717, 1.165) is 54.9 Å². The molecule has 4 rings (SSSR count). The van der Waals surface area contributed by atoms with E-state index in [9.17, 15) is 0 Å². The summed E-state index contributed by atoms with van der Waals surface area (Å²) < 4.78 is 0. The van der Waals surface area contributed by atoms with Crippen molar-refractivity contribution in [2.45, 2.75) is 32.7 Å². The summed E-state index contributed by atoms with van der Waals surface area (Å²) in [6, 6.07) is 2.55. The Bertz CT molecular complexity index is 765. The first-order chi connectivity index (χ1) is 12.1. The van der Waals surface area contributed by atoms with E-state index in [1.165, 1.54) is 12.8 Å². The Labute approximate surface area is 147 Å². The molecule has 132 valence electrons. The normalized spacial score (nSPS) is 17.7. The molecule has 1 aliphatic carbocycles. The molecule has 1 saturated carbocycles. The van der Waals surface area contributed by atoms with Gasteiger partial charge >= 0.3 is 0 Å². The van der Waals surface area contributed by atoms with E-state index in [1.807, 2.05) is 13.0 Å². The van der Waals surface area contributed by atoms with Crippen LogP contribution in [-0.4, -0.2) is 52.2 Å². The SMILES string of the molecule is Cc1ncnc(N2CCN(c3cc(NC4CC4)nc(N)n3)CC2)c1C. The second kappa shape index (κ2) is 6.34. The number of hydrogen-bond acceptors (Lipinski definition) is 8. The summed E-state index contributed by atoms with van der Waals surface area (Å²) in [4.78, 5) is 22.0. The third-order valence-electron chi connectivity index (χ3n) is 4.87. The zero-order valence-corrected chi connectivity index (χ0v) is 14.7. The average Bonchev–Trinajstić information content (AvgIpc) is 3.41. The Balaban J connectivity index is 1.46. The summed E-state index contributed by atoms with van der Waals surface area (Å²) in [6.07, 6.45) is 4.05. The highest BCUT2D eigenvalue weighted by molar-refractivity contribution is 5.55. The number of nitrogen functional groups attached to an aromatic ring is 1. The van der Waals surface area contributed by atoms with E-state index in [1.54, 1.807) is 6.33 Å². The molecule has 25 heavy (non-hydrogen) atoms. The molecule has 0 radical (unpaired) electrons. The van der Waals surface area contributed by atoms with Crippen molar-refractivity contribution in [2.75, 3.05) is 47.0 Å². The summed E-state index contributed by atoms with van der Waals surface area (Å²) in [7, 11) is 0. The molecule has 0 unspecified atom stereocenters. The molecule has 3 N–H and O–H groups in total. The topological polar surface area (TPSA) is 96.1 Å². The Morgan fingerprint density at radius 2 is 1.76 bits per heavy atom. The number of hydrogen-bond donors (Lipinski definition) is 2. The lowest BCUT2D eigenvalue weighted by Crippen LogP contribution is -2.47. The molecule has 0 atom stereocenters. The molecule has 0 bridgehead atoms. The van der Waals surface area contributed by atoms with E-state index < -0.39 is 0 Å². The van der Waals surface area contributed by atoms with Crippen molar-refractivity contribution in [1.82, 2.24) is 19.9 Å². The van der Waals surface area contributed by atoms with Crippen LogP contribution < -0.4 is 20.9 Å². The number of aryl methyl sites for hydroxylation is 1. The molecular weight excluding hydrogens is 316 g/mol. The van der Waals surface area contributed by atoms with Crippen LogP contribution >= 0.6 is 0 Å². The van der Waals surface area contributed by atoms with Crippen LogP contribution in [0, 0.1) is 13.8 Å². The minimum Gasteiger partial charge on any atom is -0.368 e. The van der Waals surface area contributed by atoms with Crippen LogP contribution in [-0.2, 0) is 0 Å². The number of aromatic nitrogens is 4. The number of nitrogens with one attached hydrogen (secondary N) is 1. The zero-order valence-electron chi connectivity index (χ0n) is 14.7. The first-order valence-electron chi connectivity index (χ1n) is 8.79. The van der Waals surface area contributed by atoms with Crippen molar-refractivity contribution < 1.29 is 0 Å². The largest absolute Gasteiger partial charge is 0.368 e. The van der Waals surface area contributed by atoms with Crippen molar-refractivity contribution in [3.8, 4) is 0 Å². The van der Waals surface area contributed by atoms with Crippen molar-refractivity contribution in [1.29, 1.82) is 0 Å². The number of nitrogens with zero attached hydrogens (tertiary/aromatic N) is 6. The van der Waals surface area contributed by atoms with E-state index in [0.29, 0.717) is 12.0 Å². The van der Waals surface area contributed by atoms with Crippen LogP contribution in [0.4, 0.5) is 23.4 Å². The number of nitrogens with two attached hydrogens (primary N) is 1. The number of rotatable bonds is 4. The van der Waals surface area contributed by atoms with Gasteiger partial charge in [0, 0.05) is 49.5 Å². The van der Waals surface area contributed by atoms with Gasteiger partial charge in [0.15, 0.2) is 0 Å². The smallest absolute Gasteiger partial charge is 0.223 e. The molecule has 2 aliphatic rings. The standard InChI is InChI=1S/C17H24N8/c1-11-12(2)19-10-20-16(11)25-7-5-24(6-8-25)15-9-14(21-13-3-4-13)22-17(18)23-15/h9-10,13H,3-8H2,1-2H3,(H3,18,21,22,23). The molecule has 8 heteroatoms. The molecule has 1 saturated heterocycles. The Hall–Kier alpha value is -2.64. The zero-order chi connectivity index (χ0) is 17.4. The highest BCUT2D eigenvalue weighted by atomic mass is 15.3. The van der Waals surface area contributed by atoms with Gasteiger partial charge in [0.2, 0.25) is 5.95 Å². The average molecular weight is 340 g/mol. The number of piperazine rings is 1. The minimum absolute atomic E-state index is 0.324. The van der Waals surface area contributed by atoms with Crippen molar-refractivity contribution >= 4 is 23.4 Å². The molecule has 0 spiro atoms. The first kappa shape index (κ1) is 15.9. The van der Waals surface area contributed by atoms with E-state index in [2.05, 4.69) is 42.0 Å². The van der Waals surface area contributed by atoms with Gasteiger partial charge < -0.3 is 20.9 Å². The highest BCUT2D eigenvalue weighted by Gasteiger charge is 2.24. The predicted octanol–water partition coefficient (Wildman–Crippen LogP) is 1.37. The molecule has 1 aliphatic heterocycles. The second-order valence-electron chi connectivity index (χ2n) is 6.77. The third kappa shape index (κ3) is 3.42. The van der Waals surface area contributed by atoms with Crippen LogP contribution in [0.25, 0.3) is 0 Å². The summed E-state index contributed by atoms with van der Waals surface area (Å²) in [6.45, 7) is 7.65. The van der Waals surface area contributed by atoms with Gasteiger partial charge in [-0.3, -0.25) is 0 Å². The molecule has 2 fully saturated rings. The van der Waals surface area contributed by atoms with Crippen LogP contribution in [0.3, 0.4) is 0 Å². The maximum absolute atomic E-state index is 5.90. The van der Waals surface area contributed by atoms with Gasteiger partial charge in [-0.25, -0.2) is 9.97 Å². The molecule has 8 nitrogen and oxygen atoms in total. The Morgan fingerprint density at radius 1 is 1.04 bits per heavy atom. The predicted molar refractivity (Wildman–Crippen MR) is 99.0 cm³/mol. The maximum Gasteiger partial charge on any atom is 0.223 e. The lowest BCUT2D eigenvalue weighted by molar-refractivity contribution is 0.638. The van der Waals surface area contributed by atoms with Crippen molar-refractivity contribution in [3.05, 3.63) is 23.7 Å². The second-order valence-corrected chi connectivity index (χ2v) is 6.77. The van der Waals surface area contributed by atoms with E-state index >= 15 is 0 Å². The fourth-order valence-electron chi connectivity index (χ4n) is 3.12. The van der Waals surface area contributed by atoms with E-state index in [-0.39, 0.29) is 0 Å². The lowest BCUT2D eigenvalue weighted by atomic mass is 10.2. The van der Waals surface area contributed by atoms with Crippen LogP contribution in [0.5, 0.6) is 0 Å². The highest BCUT2D eigenvalue weighted by Crippen LogP contribution is 2.27. The molecular formula is C17H24N8. The van der Waals surface area contributed by atoms with Crippen molar-refractivity contribution in [2.24, 2.45) is 0 Å².